The molecule has 0 aliphatic carbocycles. The number of aliphatic hydroxyl groups excluding tert-OH is 1. The van der Waals surface area contributed by atoms with Crippen molar-refractivity contribution in [2.45, 2.75) is 32.3 Å². The third-order valence-electron chi connectivity index (χ3n) is 3.76. The quantitative estimate of drug-likeness (QED) is 0.658. The fourth-order valence-electron chi connectivity index (χ4n) is 2.56. The van der Waals surface area contributed by atoms with Gasteiger partial charge in [0.25, 0.3) is 0 Å². The standard InChI is InChI=1S/C18H22O4/c1-12(8-13-3-5-15(19)6-4-13)2-7-18(22)14-9-16(20)11-17(21)10-14/h3-6,9-12,18-22H,2,7-8H2,1H3. The molecule has 4 N–H and O–H groups in total. The molecule has 0 saturated heterocycles. The number of phenolic OH excluding ortho intramolecular Hbond substituents is 3. The fourth-order valence-corrected chi connectivity index (χ4v) is 2.56. The van der Waals surface area contributed by atoms with E-state index in [1.165, 1.54) is 18.2 Å². The Morgan fingerprint density at radius 3 is 2.00 bits per heavy atom. The lowest BCUT2D eigenvalue weighted by Crippen LogP contribution is -2.04. The Kier molecular flexibility index (Phi) is 5.28. The molecule has 2 aromatic carbocycles. The van der Waals surface area contributed by atoms with E-state index in [4.69, 9.17) is 0 Å². The van der Waals surface area contributed by atoms with E-state index >= 15 is 0 Å². The maximum atomic E-state index is 10.2. The van der Waals surface area contributed by atoms with Crippen LogP contribution >= 0.6 is 0 Å². The first-order valence-corrected chi connectivity index (χ1v) is 7.43. The van der Waals surface area contributed by atoms with Crippen LogP contribution in [0.2, 0.25) is 0 Å². The fraction of sp³-hybridized carbons (Fsp3) is 0.333. The van der Waals surface area contributed by atoms with Gasteiger partial charge in [-0.1, -0.05) is 19.1 Å². The molecule has 0 spiro atoms. The van der Waals surface area contributed by atoms with Gasteiger partial charge in [-0.3, -0.25) is 0 Å². The summed E-state index contributed by atoms with van der Waals surface area (Å²) in [5.41, 5.74) is 1.67. The van der Waals surface area contributed by atoms with Gasteiger partial charge in [0.15, 0.2) is 0 Å². The average molecular weight is 302 g/mol. The summed E-state index contributed by atoms with van der Waals surface area (Å²) in [7, 11) is 0. The molecule has 0 aliphatic heterocycles. The van der Waals surface area contributed by atoms with Gasteiger partial charge in [-0.25, -0.2) is 0 Å². The van der Waals surface area contributed by atoms with Crippen LogP contribution in [0.3, 0.4) is 0 Å². The van der Waals surface area contributed by atoms with Crippen LogP contribution in [-0.4, -0.2) is 20.4 Å². The molecular weight excluding hydrogens is 280 g/mol. The molecule has 0 heterocycles. The van der Waals surface area contributed by atoms with Crippen molar-refractivity contribution >= 4 is 0 Å². The summed E-state index contributed by atoms with van der Waals surface area (Å²) in [5, 5.41) is 38.3. The Hall–Kier alpha value is -2.20. The Labute approximate surface area is 130 Å². The molecule has 2 atom stereocenters. The van der Waals surface area contributed by atoms with Crippen molar-refractivity contribution in [2.24, 2.45) is 5.92 Å². The number of hydrogen-bond acceptors (Lipinski definition) is 4. The molecule has 2 unspecified atom stereocenters. The van der Waals surface area contributed by atoms with Gasteiger partial charge in [0.1, 0.15) is 17.2 Å². The van der Waals surface area contributed by atoms with Crippen LogP contribution in [0.1, 0.15) is 37.0 Å². The van der Waals surface area contributed by atoms with Crippen LogP contribution in [0.4, 0.5) is 0 Å². The lowest BCUT2D eigenvalue weighted by molar-refractivity contribution is 0.157. The van der Waals surface area contributed by atoms with E-state index in [1.54, 1.807) is 12.1 Å². The second-order valence-electron chi connectivity index (χ2n) is 5.85. The van der Waals surface area contributed by atoms with Crippen LogP contribution in [0.15, 0.2) is 42.5 Å². The molecule has 2 rings (SSSR count). The van der Waals surface area contributed by atoms with Crippen LogP contribution in [0.5, 0.6) is 17.2 Å². The van der Waals surface area contributed by atoms with Gasteiger partial charge in [-0.15, -0.1) is 0 Å². The molecule has 0 bridgehead atoms. The maximum absolute atomic E-state index is 10.2. The molecule has 4 heteroatoms. The predicted octanol–water partition coefficient (Wildman–Crippen LogP) is 3.50. The Balaban J connectivity index is 1.87. The SMILES string of the molecule is CC(CCC(O)c1cc(O)cc(O)c1)Cc1ccc(O)cc1. The number of phenols is 3. The number of rotatable bonds is 6. The molecule has 0 amide bonds. The zero-order valence-corrected chi connectivity index (χ0v) is 12.6. The van der Waals surface area contributed by atoms with E-state index in [0.29, 0.717) is 17.9 Å². The highest BCUT2D eigenvalue weighted by molar-refractivity contribution is 5.37. The first-order valence-electron chi connectivity index (χ1n) is 7.43. The monoisotopic (exact) mass is 302 g/mol. The number of benzene rings is 2. The van der Waals surface area contributed by atoms with Crippen molar-refractivity contribution < 1.29 is 20.4 Å². The molecular formula is C18H22O4. The zero-order valence-electron chi connectivity index (χ0n) is 12.6. The van der Waals surface area contributed by atoms with Crippen molar-refractivity contribution in [1.29, 1.82) is 0 Å². The highest BCUT2D eigenvalue weighted by atomic mass is 16.3. The Morgan fingerprint density at radius 2 is 1.41 bits per heavy atom. The van der Waals surface area contributed by atoms with Crippen LogP contribution in [0, 0.1) is 5.92 Å². The summed E-state index contributed by atoms with van der Waals surface area (Å²) in [6.07, 6.45) is 1.54. The van der Waals surface area contributed by atoms with Gasteiger partial charge in [-0.05, 0) is 60.6 Å². The van der Waals surface area contributed by atoms with Crippen LogP contribution < -0.4 is 0 Å². The zero-order chi connectivity index (χ0) is 16.1. The summed E-state index contributed by atoms with van der Waals surface area (Å²) >= 11 is 0. The van der Waals surface area contributed by atoms with Crippen LogP contribution in [-0.2, 0) is 6.42 Å². The van der Waals surface area contributed by atoms with Gasteiger partial charge in [0.2, 0.25) is 0 Å². The number of aliphatic hydroxyl groups is 1. The van der Waals surface area contributed by atoms with Crippen molar-refractivity contribution in [2.75, 3.05) is 0 Å². The molecule has 0 saturated carbocycles. The number of aromatic hydroxyl groups is 3. The van der Waals surface area contributed by atoms with Crippen molar-refractivity contribution in [3.05, 3.63) is 53.6 Å². The third kappa shape index (κ3) is 4.67. The third-order valence-corrected chi connectivity index (χ3v) is 3.76. The van der Waals surface area contributed by atoms with E-state index in [2.05, 4.69) is 6.92 Å². The first-order chi connectivity index (χ1) is 10.4. The first kappa shape index (κ1) is 16.2. The minimum Gasteiger partial charge on any atom is -0.508 e. The molecule has 2 aromatic rings. The minimum atomic E-state index is -0.708. The topological polar surface area (TPSA) is 80.9 Å². The Bertz CT molecular complexity index is 587. The van der Waals surface area contributed by atoms with Crippen LogP contribution in [0.25, 0.3) is 0 Å². The van der Waals surface area contributed by atoms with E-state index < -0.39 is 6.10 Å². The van der Waals surface area contributed by atoms with Gasteiger partial charge in [-0.2, -0.15) is 0 Å². The smallest absolute Gasteiger partial charge is 0.119 e. The Morgan fingerprint density at radius 1 is 0.818 bits per heavy atom. The lowest BCUT2D eigenvalue weighted by atomic mass is 9.93. The molecule has 0 radical (unpaired) electrons. The molecule has 0 aliphatic rings. The highest BCUT2D eigenvalue weighted by Crippen LogP contribution is 2.28. The van der Waals surface area contributed by atoms with E-state index in [1.807, 2.05) is 12.1 Å². The van der Waals surface area contributed by atoms with E-state index in [0.717, 1.165) is 18.4 Å². The normalized spacial score (nSPS) is 13.7. The van der Waals surface area contributed by atoms with Gasteiger partial charge >= 0.3 is 0 Å². The molecule has 0 aromatic heterocycles. The molecule has 4 nitrogen and oxygen atoms in total. The summed E-state index contributed by atoms with van der Waals surface area (Å²) in [6, 6.07) is 11.3. The predicted molar refractivity (Wildman–Crippen MR) is 84.9 cm³/mol. The minimum absolute atomic E-state index is 0.0498. The van der Waals surface area contributed by atoms with Crippen molar-refractivity contribution in [1.82, 2.24) is 0 Å². The average Bonchev–Trinajstić information content (AvgIpc) is 2.46. The second kappa shape index (κ2) is 7.18. The molecule has 0 fully saturated rings. The molecule has 22 heavy (non-hydrogen) atoms. The summed E-state index contributed by atoms with van der Waals surface area (Å²) in [4.78, 5) is 0. The maximum Gasteiger partial charge on any atom is 0.119 e. The molecule has 118 valence electrons. The van der Waals surface area contributed by atoms with E-state index in [-0.39, 0.29) is 17.2 Å². The second-order valence-corrected chi connectivity index (χ2v) is 5.85. The van der Waals surface area contributed by atoms with Gasteiger partial charge in [0.05, 0.1) is 6.10 Å². The summed E-state index contributed by atoms with van der Waals surface area (Å²) < 4.78 is 0. The van der Waals surface area contributed by atoms with Gasteiger partial charge in [0, 0.05) is 6.07 Å². The van der Waals surface area contributed by atoms with Crippen molar-refractivity contribution in [3.63, 3.8) is 0 Å². The van der Waals surface area contributed by atoms with Gasteiger partial charge < -0.3 is 20.4 Å². The summed E-state index contributed by atoms with van der Waals surface area (Å²) in [5.74, 6) is 0.540. The summed E-state index contributed by atoms with van der Waals surface area (Å²) in [6.45, 7) is 2.11. The lowest BCUT2D eigenvalue weighted by Gasteiger charge is -2.16. The van der Waals surface area contributed by atoms with E-state index in [9.17, 15) is 20.4 Å². The largest absolute Gasteiger partial charge is 0.508 e. The highest BCUT2D eigenvalue weighted by Gasteiger charge is 2.12. The van der Waals surface area contributed by atoms with Crippen molar-refractivity contribution in [3.8, 4) is 17.2 Å². The number of hydrogen-bond donors (Lipinski definition) is 4.